The highest BCUT2D eigenvalue weighted by Gasteiger charge is 2.51. The smallest absolute Gasteiger partial charge is 0.225 e. The molecule has 4 saturated carbocycles. The van der Waals surface area contributed by atoms with Gasteiger partial charge in [0.05, 0.1) is 0 Å². The molecular weight excluding hydrogens is 248 g/mol. The molecule has 3 heteroatoms. The maximum absolute atomic E-state index is 12.8. The van der Waals surface area contributed by atoms with E-state index in [9.17, 15) is 4.79 Å². The molecule has 2 N–H and O–H groups in total. The van der Waals surface area contributed by atoms with Crippen LogP contribution in [-0.2, 0) is 4.79 Å². The Bertz CT molecular complexity index is 327. The summed E-state index contributed by atoms with van der Waals surface area (Å²) < 4.78 is 0. The van der Waals surface area contributed by atoms with Crippen molar-refractivity contribution >= 4 is 5.91 Å². The van der Waals surface area contributed by atoms with Gasteiger partial charge in [-0.15, -0.1) is 0 Å². The SMILES string of the molecule is CN(CCCCCN)C(=O)C1C2CC3CC(C2)CC1C3. The third kappa shape index (κ3) is 2.74. The molecule has 0 aromatic rings. The van der Waals surface area contributed by atoms with Gasteiger partial charge in [-0.1, -0.05) is 6.42 Å². The van der Waals surface area contributed by atoms with Gasteiger partial charge in [0.1, 0.15) is 0 Å². The predicted molar refractivity (Wildman–Crippen MR) is 81.1 cm³/mol. The summed E-state index contributed by atoms with van der Waals surface area (Å²) in [6.07, 6.45) is 10.1. The van der Waals surface area contributed by atoms with Crippen LogP contribution in [0.25, 0.3) is 0 Å². The van der Waals surface area contributed by atoms with Gasteiger partial charge in [0.25, 0.3) is 0 Å². The van der Waals surface area contributed by atoms with Crippen LogP contribution in [0.1, 0.15) is 51.4 Å². The molecule has 0 spiro atoms. The van der Waals surface area contributed by atoms with Crippen LogP contribution in [0, 0.1) is 29.6 Å². The van der Waals surface area contributed by atoms with E-state index in [1.54, 1.807) is 0 Å². The summed E-state index contributed by atoms with van der Waals surface area (Å²) in [7, 11) is 2.01. The molecule has 0 aromatic heterocycles. The molecule has 0 aromatic carbocycles. The number of nitrogens with zero attached hydrogens (tertiary/aromatic N) is 1. The monoisotopic (exact) mass is 278 g/mol. The first-order valence-corrected chi connectivity index (χ1v) is 8.64. The number of rotatable bonds is 6. The minimum atomic E-state index is 0.363. The molecule has 0 heterocycles. The normalized spacial score (nSPS) is 38.2. The minimum absolute atomic E-state index is 0.363. The fraction of sp³-hybridized carbons (Fsp3) is 0.941. The largest absolute Gasteiger partial charge is 0.346 e. The number of carbonyl (C=O) groups excluding carboxylic acids is 1. The summed E-state index contributed by atoms with van der Waals surface area (Å²) in [5, 5.41) is 0. The molecule has 20 heavy (non-hydrogen) atoms. The van der Waals surface area contributed by atoms with Crippen LogP contribution in [0.15, 0.2) is 0 Å². The molecule has 4 aliphatic carbocycles. The summed E-state index contributed by atoms with van der Waals surface area (Å²) in [5.74, 6) is 4.15. The van der Waals surface area contributed by atoms with E-state index in [-0.39, 0.29) is 0 Å². The molecule has 1 amide bonds. The van der Waals surface area contributed by atoms with Gasteiger partial charge in [0, 0.05) is 19.5 Å². The lowest BCUT2D eigenvalue weighted by atomic mass is 9.51. The highest BCUT2D eigenvalue weighted by molar-refractivity contribution is 5.79. The maximum Gasteiger partial charge on any atom is 0.225 e. The van der Waals surface area contributed by atoms with Gasteiger partial charge >= 0.3 is 0 Å². The Hall–Kier alpha value is -0.570. The molecular formula is C17H30N2O. The van der Waals surface area contributed by atoms with E-state index in [0.717, 1.165) is 44.2 Å². The Morgan fingerprint density at radius 1 is 1.00 bits per heavy atom. The predicted octanol–water partition coefficient (Wildman–Crippen LogP) is 2.65. The van der Waals surface area contributed by atoms with Crippen LogP contribution in [0.4, 0.5) is 0 Å². The van der Waals surface area contributed by atoms with Gasteiger partial charge in [0.15, 0.2) is 0 Å². The van der Waals surface area contributed by atoms with Crippen molar-refractivity contribution in [1.82, 2.24) is 4.90 Å². The summed E-state index contributed by atoms with van der Waals surface area (Å²) in [6.45, 7) is 1.69. The molecule has 0 atom stereocenters. The number of nitrogens with two attached hydrogens (primary N) is 1. The van der Waals surface area contributed by atoms with E-state index in [4.69, 9.17) is 5.73 Å². The lowest BCUT2D eigenvalue weighted by molar-refractivity contribution is -0.147. The van der Waals surface area contributed by atoms with Crippen molar-refractivity contribution < 1.29 is 4.79 Å². The van der Waals surface area contributed by atoms with Crippen molar-refractivity contribution in [2.45, 2.75) is 51.4 Å². The van der Waals surface area contributed by atoms with Crippen LogP contribution in [0.5, 0.6) is 0 Å². The average molecular weight is 278 g/mol. The molecule has 4 rings (SSSR count). The fourth-order valence-electron chi connectivity index (χ4n) is 5.36. The van der Waals surface area contributed by atoms with Gasteiger partial charge in [-0.2, -0.15) is 0 Å². The van der Waals surface area contributed by atoms with Gasteiger partial charge in [-0.05, 0) is 75.2 Å². The number of carbonyl (C=O) groups is 1. The summed E-state index contributed by atoms with van der Waals surface area (Å²) in [6, 6.07) is 0. The minimum Gasteiger partial charge on any atom is -0.346 e. The van der Waals surface area contributed by atoms with E-state index in [2.05, 4.69) is 0 Å². The van der Waals surface area contributed by atoms with Gasteiger partial charge in [0.2, 0.25) is 5.91 Å². The highest BCUT2D eigenvalue weighted by Crippen LogP contribution is 2.56. The Labute approximate surface area is 123 Å². The summed E-state index contributed by atoms with van der Waals surface area (Å²) in [4.78, 5) is 14.8. The van der Waals surface area contributed by atoms with E-state index in [1.807, 2.05) is 11.9 Å². The standard InChI is InChI=1S/C17H30N2O/c1-19(6-4-2-3-5-18)17(20)16-14-8-12-7-13(10-14)11-15(16)9-12/h12-16H,2-11,18H2,1H3. The van der Waals surface area contributed by atoms with Gasteiger partial charge in [-0.3, -0.25) is 4.79 Å². The first-order valence-electron chi connectivity index (χ1n) is 8.64. The molecule has 0 unspecified atom stereocenters. The van der Waals surface area contributed by atoms with Crippen LogP contribution in [0.3, 0.4) is 0 Å². The van der Waals surface area contributed by atoms with Crippen LogP contribution in [0.2, 0.25) is 0 Å². The zero-order valence-corrected chi connectivity index (χ0v) is 12.9. The second-order valence-electron chi connectivity index (χ2n) is 7.57. The van der Waals surface area contributed by atoms with Gasteiger partial charge in [-0.25, -0.2) is 0 Å². The first kappa shape index (κ1) is 14.4. The molecule has 0 saturated heterocycles. The second kappa shape index (κ2) is 6.05. The number of hydrogen-bond acceptors (Lipinski definition) is 2. The second-order valence-corrected chi connectivity index (χ2v) is 7.57. The molecule has 0 radical (unpaired) electrons. The summed E-state index contributed by atoms with van der Waals surface area (Å²) in [5.41, 5.74) is 5.52. The Kier molecular flexibility index (Phi) is 4.34. The van der Waals surface area contributed by atoms with Crippen molar-refractivity contribution in [3.8, 4) is 0 Å². The van der Waals surface area contributed by atoms with E-state index in [0.29, 0.717) is 23.7 Å². The number of unbranched alkanes of at least 4 members (excludes halogenated alkanes) is 2. The van der Waals surface area contributed by atoms with E-state index in [1.165, 1.54) is 32.1 Å². The van der Waals surface area contributed by atoms with Crippen molar-refractivity contribution in [2.24, 2.45) is 35.3 Å². The van der Waals surface area contributed by atoms with Crippen LogP contribution in [-0.4, -0.2) is 30.9 Å². The Morgan fingerprint density at radius 3 is 2.15 bits per heavy atom. The number of amides is 1. The quantitative estimate of drug-likeness (QED) is 0.759. The molecule has 4 fully saturated rings. The van der Waals surface area contributed by atoms with Crippen LogP contribution >= 0.6 is 0 Å². The third-order valence-electron chi connectivity index (χ3n) is 6.09. The lowest BCUT2D eigenvalue weighted by Crippen LogP contribution is -2.51. The van der Waals surface area contributed by atoms with Crippen molar-refractivity contribution in [1.29, 1.82) is 0 Å². The van der Waals surface area contributed by atoms with Crippen molar-refractivity contribution in [3.05, 3.63) is 0 Å². The lowest BCUT2D eigenvalue weighted by Gasteiger charge is -2.54. The molecule has 4 bridgehead atoms. The fourth-order valence-corrected chi connectivity index (χ4v) is 5.36. The number of hydrogen-bond donors (Lipinski definition) is 1. The first-order chi connectivity index (χ1) is 9.69. The Morgan fingerprint density at radius 2 is 1.60 bits per heavy atom. The highest BCUT2D eigenvalue weighted by atomic mass is 16.2. The van der Waals surface area contributed by atoms with E-state index >= 15 is 0 Å². The molecule has 4 aliphatic rings. The van der Waals surface area contributed by atoms with Gasteiger partial charge < -0.3 is 10.6 Å². The third-order valence-corrected chi connectivity index (χ3v) is 6.09. The van der Waals surface area contributed by atoms with E-state index < -0.39 is 0 Å². The maximum atomic E-state index is 12.8. The zero-order chi connectivity index (χ0) is 14.1. The molecule has 0 aliphatic heterocycles. The zero-order valence-electron chi connectivity index (χ0n) is 12.9. The van der Waals surface area contributed by atoms with Crippen molar-refractivity contribution in [2.75, 3.05) is 20.1 Å². The summed E-state index contributed by atoms with van der Waals surface area (Å²) >= 11 is 0. The topological polar surface area (TPSA) is 46.3 Å². The molecule has 3 nitrogen and oxygen atoms in total. The Balaban J connectivity index is 1.54. The molecule has 114 valence electrons. The average Bonchev–Trinajstić information content (AvgIpc) is 2.42. The van der Waals surface area contributed by atoms with Crippen LogP contribution < -0.4 is 5.73 Å². The van der Waals surface area contributed by atoms with Crippen molar-refractivity contribution in [3.63, 3.8) is 0 Å².